The Labute approximate surface area is 382 Å². The van der Waals surface area contributed by atoms with E-state index < -0.39 is 49.5 Å². The van der Waals surface area contributed by atoms with E-state index in [1.54, 1.807) is 0 Å². The molecule has 0 aliphatic carbocycles. The topological polar surface area (TPSA) is 149 Å². The van der Waals surface area contributed by atoms with Crippen molar-refractivity contribution in [3.8, 4) is 0 Å². The molecular formula is C53H103NO8. The van der Waals surface area contributed by atoms with E-state index in [4.69, 9.17) is 9.47 Å². The number of ether oxygens (including phenoxy) is 2. The Morgan fingerprint density at radius 1 is 0.532 bits per heavy atom. The summed E-state index contributed by atoms with van der Waals surface area (Å²) in [5.41, 5.74) is 0. The average molecular weight is 882 g/mol. The van der Waals surface area contributed by atoms with Crippen molar-refractivity contribution in [2.24, 2.45) is 0 Å². The van der Waals surface area contributed by atoms with E-state index in [1.165, 1.54) is 186 Å². The number of allylic oxidation sites excluding steroid dienone is 2. The van der Waals surface area contributed by atoms with Gasteiger partial charge in [0, 0.05) is 6.42 Å². The summed E-state index contributed by atoms with van der Waals surface area (Å²) >= 11 is 0. The van der Waals surface area contributed by atoms with Gasteiger partial charge in [0.2, 0.25) is 5.91 Å². The highest BCUT2D eigenvalue weighted by Crippen LogP contribution is 2.23. The molecule has 1 aliphatic rings. The number of nitrogens with one attached hydrogen (secondary N) is 1. The van der Waals surface area contributed by atoms with Crippen molar-refractivity contribution in [2.45, 2.75) is 307 Å². The minimum atomic E-state index is -1.55. The average Bonchev–Trinajstić information content (AvgIpc) is 3.27. The normalized spacial score (nSPS) is 20.3. The van der Waals surface area contributed by atoms with Crippen molar-refractivity contribution >= 4 is 5.91 Å². The second-order valence-electron chi connectivity index (χ2n) is 19.0. The highest BCUT2D eigenvalue weighted by molar-refractivity contribution is 5.76. The molecule has 0 saturated carbocycles. The molecule has 9 nitrogen and oxygen atoms in total. The molecule has 62 heavy (non-hydrogen) atoms. The number of hydrogen-bond acceptors (Lipinski definition) is 8. The lowest BCUT2D eigenvalue weighted by Gasteiger charge is -2.40. The van der Waals surface area contributed by atoms with E-state index in [2.05, 4.69) is 31.3 Å². The van der Waals surface area contributed by atoms with Crippen LogP contribution in [0.25, 0.3) is 0 Å². The summed E-state index contributed by atoms with van der Waals surface area (Å²) < 4.78 is 11.3. The van der Waals surface area contributed by atoms with Crippen LogP contribution in [0, 0.1) is 0 Å². The van der Waals surface area contributed by atoms with Crippen molar-refractivity contribution in [3.05, 3.63) is 12.2 Å². The van der Waals surface area contributed by atoms with Gasteiger partial charge in [0.25, 0.3) is 0 Å². The molecule has 1 rings (SSSR count). The van der Waals surface area contributed by atoms with Gasteiger partial charge in [-0.05, 0) is 38.5 Å². The summed E-state index contributed by atoms with van der Waals surface area (Å²) in [7, 11) is 0. The lowest BCUT2D eigenvalue weighted by Crippen LogP contribution is -2.60. The van der Waals surface area contributed by atoms with Crippen LogP contribution in [0.4, 0.5) is 0 Å². The Bertz CT molecular complexity index is 981. The van der Waals surface area contributed by atoms with Gasteiger partial charge >= 0.3 is 0 Å². The second-order valence-corrected chi connectivity index (χ2v) is 19.0. The van der Waals surface area contributed by atoms with E-state index in [9.17, 15) is 30.3 Å². The molecule has 1 amide bonds. The third-order valence-electron chi connectivity index (χ3n) is 13.1. The Balaban J connectivity index is 2.20. The number of rotatable bonds is 46. The number of aliphatic hydroxyl groups excluding tert-OH is 5. The molecule has 9 heteroatoms. The monoisotopic (exact) mass is 882 g/mol. The minimum Gasteiger partial charge on any atom is -0.394 e. The van der Waals surface area contributed by atoms with E-state index in [0.717, 1.165) is 51.4 Å². The van der Waals surface area contributed by atoms with E-state index in [-0.39, 0.29) is 12.5 Å². The SMILES string of the molecule is CCCCCCC/C=C\CCCCCCCC(=O)NC(COC1OC(CO)C(O)C(O)C1O)C(O)CCCCCCCCCCCCCCCCCCCCCCCCCCC. The number of aliphatic hydroxyl groups is 5. The standard InChI is InChI=1S/C53H103NO8/c1-3-5-7-9-11-13-15-17-19-20-21-22-23-24-25-26-27-28-29-30-32-34-36-38-40-42-47(56)46(45-61-53-52(60)51(59)50(58)48(44-55)62-53)54-49(57)43-41-39-37-35-33-31-18-16-14-12-10-8-6-4-2/h16,18,46-48,50-53,55-56,58-60H,3-15,17,19-45H2,1-2H3,(H,54,57)/b18-16-. The number of hydrogen-bond donors (Lipinski definition) is 6. The van der Waals surface area contributed by atoms with E-state index in [1.807, 2.05) is 0 Å². The lowest BCUT2D eigenvalue weighted by molar-refractivity contribution is -0.302. The molecule has 1 aliphatic heterocycles. The summed E-state index contributed by atoms with van der Waals surface area (Å²) in [5, 5.41) is 54.5. The summed E-state index contributed by atoms with van der Waals surface area (Å²) in [4.78, 5) is 13.0. The van der Waals surface area contributed by atoms with Crippen molar-refractivity contribution in [1.29, 1.82) is 0 Å². The summed E-state index contributed by atoms with van der Waals surface area (Å²) in [6.07, 6.45) is 45.2. The van der Waals surface area contributed by atoms with Gasteiger partial charge in [-0.25, -0.2) is 0 Å². The first-order chi connectivity index (χ1) is 30.3. The third-order valence-corrected chi connectivity index (χ3v) is 13.1. The fourth-order valence-corrected chi connectivity index (χ4v) is 8.80. The molecule has 6 N–H and O–H groups in total. The van der Waals surface area contributed by atoms with Crippen LogP contribution in [0.5, 0.6) is 0 Å². The fraction of sp³-hybridized carbons (Fsp3) is 0.943. The molecule has 0 radical (unpaired) electrons. The molecule has 7 unspecified atom stereocenters. The van der Waals surface area contributed by atoms with E-state index in [0.29, 0.717) is 12.8 Å². The number of carbonyl (C=O) groups is 1. The van der Waals surface area contributed by atoms with E-state index >= 15 is 0 Å². The molecule has 0 aromatic carbocycles. The quantitative estimate of drug-likeness (QED) is 0.0261. The molecule has 1 heterocycles. The third kappa shape index (κ3) is 33.4. The van der Waals surface area contributed by atoms with Crippen molar-refractivity contribution < 1.29 is 39.8 Å². The lowest BCUT2D eigenvalue weighted by atomic mass is 9.99. The molecule has 7 atom stereocenters. The first-order valence-corrected chi connectivity index (χ1v) is 26.9. The first-order valence-electron chi connectivity index (χ1n) is 26.9. The van der Waals surface area contributed by atoms with Gasteiger partial charge in [-0.2, -0.15) is 0 Å². The molecular weight excluding hydrogens is 779 g/mol. The second kappa shape index (κ2) is 43.8. The molecule has 1 fully saturated rings. The Kier molecular flexibility index (Phi) is 41.6. The van der Waals surface area contributed by atoms with Crippen LogP contribution >= 0.6 is 0 Å². The summed E-state index contributed by atoms with van der Waals surface area (Å²) in [5.74, 6) is -0.150. The fourth-order valence-electron chi connectivity index (χ4n) is 8.80. The number of amides is 1. The predicted molar refractivity (Wildman–Crippen MR) is 258 cm³/mol. The molecule has 1 saturated heterocycles. The van der Waals surface area contributed by atoms with Crippen molar-refractivity contribution in [1.82, 2.24) is 5.32 Å². The highest BCUT2D eigenvalue weighted by atomic mass is 16.7. The van der Waals surface area contributed by atoms with Crippen molar-refractivity contribution in [3.63, 3.8) is 0 Å². The molecule has 0 aromatic heterocycles. The van der Waals surface area contributed by atoms with Crippen LogP contribution in [-0.2, 0) is 14.3 Å². The smallest absolute Gasteiger partial charge is 0.220 e. The number of carbonyl (C=O) groups excluding carboxylic acids is 1. The van der Waals surface area contributed by atoms with Crippen LogP contribution in [0.3, 0.4) is 0 Å². The maximum Gasteiger partial charge on any atom is 0.220 e. The van der Waals surface area contributed by atoms with Gasteiger partial charge in [-0.3, -0.25) is 4.79 Å². The van der Waals surface area contributed by atoms with Crippen LogP contribution < -0.4 is 5.32 Å². The molecule has 0 spiro atoms. The first kappa shape index (κ1) is 58.9. The Morgan fingerprint density at radius 3 is 1.31 bits per heavy atom. The van der Waals surface area contributed by atoms with Crippen LogP contribution in [0.15, 0.2) is 12.2 Å². The van der Waals surface area contributed by atoms with Gasteiger partial charge in [0.15, 0.2) is 6.29 Å². The number of unbranched alkanes of at least 4 members (excludes halogenated alkanes) is 34. The largest absolute Gasteiger partial charge is 0.394 e. The van der Waals surface area contributed by atoms with Crippen LogP contribution in [0.2, 0.25) is 0 Å². The zero-order chi connectivity index (χ0) is 45.1. The van der Waals surface area contributed by atoms with Gasteiger partial charge in [0.05, 0.1) is 25.4 Å². The van der Waals surface area contributed by atoms with Gasteiger partial charge in [-0.1, -0.05) is 231 Å². The van der Waals surface area contributed by atoms with Crippen LogP contribution in [-0.4, -0.2) is 87.5 Å². The van der Waals surface area contributed by atoms with Gasteiger partial charge in [-0.15, -0.1) is 0 Å². The highest BCUT2D eigenvalue weighted by Gasteiger charge is 2.44. The maximum atomic E-state index is 13.0. The van der Waals surface area contributed by atoms with Crippen molar-refractivity contribution in [2.75, 3.05) is 13.2 Å². The van der Waals surface area contributed by atoms with Gasteiger partial charge < -0.3 is 40.3 Å². The molecule has 0 bridgehead atoms. The predicted octanol–water partition coefficient (Wildman–Crippen LogP) is 12.5. The molecule has 0 aromatic rings. The Hall–Kier alpha value is -1.07. The maximum absolute atomic E-state index is 13.0. The van der Waals surface area contributed by atoms with Crippen LogP contribution in [0.1, 0.15) is 264 Å². The molecule has 368 valence electrons. The summed E-state index contributed by atoms with van der Waals surface area (Å²) in [6, 6.07) is -0.720. The summed E-state index contributed by atoms with van der Waals surface area (Å²) in [6.45, 7) is 3.85. The van der Waals surface area contributed by atoms with Gasteiger partial charge in [0.1, 0.15) is 24.4 Å². The zero-order valence-corrected chi connectivity index (χ0v) is 40.6. The Morgan fingerprint density at radius 2 is 0.903 bits per heavy atom. The zero-order valence-electron chi connectivity index (χ0n) is 40.6. The minimum absolute atomic E-state index is 0.138.